The van der Waals surface area contributed by atoms with Crippen LogP contribution < -0.4 is 5.32 Å². The third-order valence-electron chi connectivity index (χ3n) is 2.64. The van der Waals surface area contributed by atoms with Crippen molar-refractivity contribution in [2.45, 2.75) is 38.8 Å². The summed E-state index contributed by atoms with van der Waals surface area (Å²) in [6.45, 7) is 9.18. The van der Waals surface area contributed by atoms with E-state index in [2.05, 4.69) is 25.7 Å². The zero-order chi connectivity index (χ0) is 9.84. The molecular formula is C11H21NO. The molecule has 0 aromatic rings. The van der Waals surface area contributed by atoms with Crippen LogP contribution in [0.3, 0.4) is 0 Å². The summed E-state index contributed by atoms with van der Waals surface area (Å²) in [6, 6.07) is 0.336. The van der Waals surface area contributed by atoms with Gasteiger partial charge in [-0.05, 0) is 32.2 Å². The number of ether oxygens (including phenoxy) is 1. The summed E-state index contributed by atoms with van der Waals surface area (Å²) in [5.41, 5.74) is 1.18. The molecule has 0 aliphatic heterocycles. The van der Waals surface area contributed by atoms with Crippen LogP contribution >= 0.6 is 0 Å². The van der Waals surface area contributed by atoms with E-state index < -0.39 is 0 Å². The third-order valence-corrected chi connectivity index (χ3v) is 2.64. The minimum atomic E-state index is 0.331. The highest BCUT2D eigenvalue weighted by molar-refractivity contribution is 5.08. The fourth-order valence-corrected chi connectivity index (χ4v) is 1.82. The summed E-state index contributed by atoms with van der Waals surface area (Å²) in [7, 11) is 1.80. The second kappa shape index (κ2) is 4.77. The molecule has 1 aliphatic rings. The Balaban J connectivity index is 2.53. The number of nitrogens with one attached hydrogen (secondary N) is 1. The summed E-state index contributed by atoms with van der Waals surface area (Å²) in [5.74, 6) is 0.755. The number of hydrogen-bond acceptors (Lipinski definition) is 2. The van der Waals surface area contributed by atoms with Gasteiger partial charge in [0.25, 0.3) is 0 Å². The Hall–Kier alpha value is -0.340. The molecule has 2 unspecified atom stereocenters. The topological polar surface area (TPSA) is 21.3 Å². The predicted molar refractivity (Wildman–Crippen MR) is 55.8 cm³/mol. The molecule has 1 rings (SSSR count). The molecule has 0 aromatic heterocycles. The van der Waals surface area contributed by atoms with Crippen LogP contribution in [0.4, 0.5) is 0 Å². The van der Waals surface area contributed by atoms with Gasteiger partial charge >= 0.3 is 0 Å². The fourth-order valence-electron chi connectivity index (χ4n) is 1.82. The lowest BCUT2D eigenvalue weighted by atomic mass is 10.0. The van der Waals surface area contributed by atoms with Gasteiger partial charge in [-0.15, -0.1) is 0 Å². The second-order valence-electron chi connectivity index (χ2n) is 3.92. The molecule has 76 valence electrons. The molecule has 0 saturated heterocycles. The van der Waals surface area contributed by atoms with E-state index in [0.717, 1.165) is 12.5 Å². The maximum absolute atomic E-state index is 5.53. The fraction of sp³-hybridized carbons (Fsp3) is 0.818. The lowest BCUT2D eigenvalue weighted by Gasteiger charge is -2.27. The van der Waals surface area contributed by atoms with Crippen LogP contribution in [0.15, 0.2) is 12.2 Å². The van der Waals surface area contributed by atoms with Gasteiger partial charge in [0.05, 0.1) is 12.1 Å². The number of methoxy groups -OCH3 is 1. The van der Waals surface area contributed by atoms with Crippen LogP contribution in [0.2, 0.25) is 0 Å². The molecule has 1 fully saturated rings. The lowest BCUT2D eigenvalue weighted by Crippen LogP contribution is -2.42. The average Bonchev–Trinajstić information content (AvgIpc) is 2.88. The SMILES string of the molecule is C=C(C)C(NCC)C(OC)C1CC1. The van der Waals surface area contributed by atoms with Crippen molar-refractivity contribution >= 4 is 0 Å². The third kappa shape index (κ3) is 2.82. The Kier molecular flexibility index (Phi) is 3.94. The number of rotatable bonds is 6. The molecule has 0 bridgehead atoms. The molecule has 2 atom stereocenters. The minimum absolute atomic E-state index is 0.331. The van der Waals surface area contributed by atoms with Gasteiger partial charge in [-0.3, -0.25) is 0 Å². The van der Waals surface area contributed by atoms with E-state index >= 15 is 0 Å². The molecule has 1 aliphatic carbocycles. The highest BCUT2D eigenvalue weighted by atomic mass is 16.5. The lowest BCUT2D eigenvalue weighted by molar-refractivity contribution is 0.0619. The zero-order valence-electron chi connectivity index (χ0n) is 8.97. The summed E-state index contributed by atoms with van der Waals surface area (Å²) < 4.78 is 5.53. The second-order valence-corrected chi connectivity index (χ2v) is 3.92. The van der Waals surface area contributed by atoms with E-state index in [0.29, 0.717) is 12.1 Å². The van der Waals surface area contributed by atoms with Crippen LogP contribution in [0.25, 0.3) is 0 Å². The van der Waals surface area contributed by atoms with Crippen molar-refractivity contribution in [1.29, 1.82) is 0 Å². The summed E-state index contributed by atoms with van der Waals surface area (Å²) in [4.78, 5) is 0. The van der Waals surface area contributed by atoms with E-state index in [1.54, 1.807) is 7.11 Å². The average molecular weight is 183 g/mol. The van der Waals surface area contributed by atoms with Crippen molar-refractivity contribution in [3.63, 3.8) is 0 Å². The standard InChI is InChI=1S/C11H21NO/c1-5-12-10(8(2)3)11(13-4)9-6-7-9/h9-12H,2,5-7H2,1,3-4H3. The van der Waals surface area contributed by atoms with E-state index in [1.165, 1.54) is 18.4 Å². The van der Waals surface area contributed by atoms with E-state index in [1.807, 2.05) is 0 Å². The molecule has 1 saturated carbocycles. The molecule has 2 nitrogen and oxygen atoms in total. The summed E-state index contributed by atoms with van der Waals surface area (Å²) in [6.07, 6.45) is 2.96. The van der Waals surface area contributed by atoms with Crippen LogP contribution in [-0.2, 0) is 4.74 Å². The summed E-state index contributed by atoms with van der Waals surface area (Å²) in [5, 5.41) is 3.43. The van der Waals surface area contributed by atoms with Crippen molar-refractivity contribution in [3.8, 4) is 0 Å². The van der Waals surface area contributed by atoms with Gasteiger partial charge < -0.3 is 10.1 Å². The van der Waals surface area contributed by atoms with Crippen molar-refractivity contribution in [3.05, 3.63) is 12.2 Å². The van der Waals surface area contributed by atoms with Gasteiger partial charge in [0.1, 0.15) is 0 Å². The van der Waals surface area contributed by atoms with Crippen LogP contribution in [0.5, 0.6) is 0 Å². The van der Waals surface area contributed by atoms with E-state index in [4.69, 9.17) is 4.74 Å². The molecule has 0 radical (unpaired) electrons. The Morgan fingerprint density at radius 2 is 2.23 bits per heavy atom. The van der Waals surface area contributed by atoms with Crippen molar-refractivity contribution in [1.82, 2.24) is 5.32 Å². The van der Waals surface area contributed by atoms with Gasteiger partial charge in [-0.1, -0.05) is 19.1 Å². The highest BCUT2D eigenvalue weighted by Gasteiger charge is 2.36. The first-order chi connectivity index (χ1) is 6.20. The van der Waals surface area contributed by atoms with Gasteiger partial charge in [-0.2, -0.15) is 0 Å². The van der Waals surface area contributed by atoms with Crippen molar-refractivity contribution in [2.24, 2.45) is 5.92 Å². The maximum Gasteiger partial charge on any atom is 0.0790 e. The molecule has 0 spiro atoms. The van der Waals surface area contributed by atoms with Crippen LogP contribution in [0, 0.1) is 5.92 Å². The number of likely N-dealkylation sites (N-methyl/N-ethyl adjacent to an activating group) is 1. The monoisotopic (exact) mass is 183 g/mol. The van der Waals surface area contributed by atoms with Crippen LogP contribution in [0.1, 0.15) is 26.7 Å². The first-order valence-corrected chi connectivity index (χ1v) is 5.12. The van der Waals surface area contributed by atoms with Gasteiger partial charge in [0.15, 0.2) is 0 Å². The molecule has 2 heteroatoms. The Morgan fingerprint density at radius 1 is 1.62 bits per heavy atom. The van der Waals surface area contributed by atoms with Crippen LogP contribution in [-0.4, -0.2) is 25.8 Å². The first-order valence-electron chi connectivity index (χ1n) is 5.12. The van der Waals surface area contributed by atoms with E-state index in [-0.39, 0.29) is 0 Å². The maximum atomic E-state index is 5.53. The number of hydrogen-bond donors (Lipinski definition) is 1. The molecule has 13 heavy (non-hydrogen) atoms. The zero-order valence-corrected chi connectivity index (χ0v) is 8.97. The normalized spacial score (nSPS) is 21.2. The summed E-state index contributed by atoms with van der Waals surface area (Å²) >= 11 is 0. The van der Waals surface area contributed by atoms with Gasteiger partial charge in [0.2, 0.25) is 0 Å². The molecular weight excluding hydrogens is 162 g/mol. The first kappa shape index (κ1) is 10.7. The molecule has 0 aromatic carbocycles. The van der Waals surface area contributed by atoms with E-state index in [9.17, 15) is 0 Å². The Bertz CT molecular complexity index is 175. The minimum Gasteiger partial charge on any atom is -0.379 e. The smallest absolute Gasteiger partial charge is 0.0790 e. The quantitative estimate of drug-likeness (QED) is 0.636. The highest BCUT2D eigenvalue weighted by Crippen LogP contribution is 2.36. The Labute approximate surface area is 81.4 Å². The van der Waals surface area contributed by atoms with Gasteiger partial charge in [0, 0.05) is 7.11 Å². The predicted octanol–water partition coefficient (Wildman–Crippen LogP) is 1.97. The molecule has 1 N–H and O–H groups in total. The Morgan fingerprint density at radius 3 is 2.54 bits per heavy atom. The largest absolute Gasteiger partial charge is 0.379 e. The van der Waals surface area contributed by atoms with Crippen molar-refractivity contribution in [2.75, 3.05) is 13.7 Å². The van der Waals surface area contributed by atoms with Gasteiger partial charge in [-0.25, -0.2) is 0 Å². The van der Waals surface area contributed by atoms with Crippen molar-refractivity contribution < 1.29 is 4.74 Å². The molecule has 0 amide bonds. The molecule has 0 heterocycles.